The van der Waals surface area contributed by atoms with Gasteiger partial charge in [-0.05, 0) is 78.0 Å². The summed E-state index contributed by atoms with van der Waals surface area (Å²) in [4.78, 5) is 16.6. The first kappa shape index (κ1) is 22.1. The summed E-state index contributed by atoms with van der Waals surface area (Å²) in [5.41, 5.74) is 6.20. The summed E-state index contributed by atoms with van der Waals surface area (Å²) in [6, 6.07) is 6.35. The first-order valence-electron chi connectivity index (χ1n) is 12.0. The van der Waals surface area contributed by atoms with E-state index in [2.05, 4.69) is 27.1 Å². The van der Waals surface area contributed by atoms with E-state index in [1.54, 1.807) is 0 Å². The van der Waals surface area contributed by atoms with E-state index < -0.39 is 0 Å². The van der Waals surface area contributed by atoms with Gasteiger partial charge < -0.3 is 5.32 Å². The van der Waals surface area contributed by atoms with Gasteiger partial charge in [-0.2, -0.15) is 0 Å². The third-order valence-electron chi connectivity index (χ3n) is 7.24. The van der Waals surface area contributed by atoms with Crippen LogP contribution >= 0.6 is 0 Å². The molecule has 33 heavy (non-hydrogen) atoms. The normalized spacial score (nSPS) is 18.8. The van der Waals surface area contributed by atoms with Crippen LogP contribution < -0.4 is 10.9 Å². The third-order valence-corrected chi connectivity index (χ3v) is 7.24. The molecule has 1 aliphatic carbocycles. The second-order valence-electron chi connectivity index (χ2n) is 9.96. The summed E-state index contributed by atoms with van der Waals surface area (Å²) >= 11 is 0. The summed E-state index contributed by atoms with van der Waals surface area (Å²) in [5.74, 6) is 0.586. The number of nitrogens with zero attached hydrogens (tertiary/aromatic N) is 6. The first-order valence-corrected chi connectivity index (χ1v) is 12.0. The number of nitrogens with one attached hydrogen (secondary N) is 1. The molecular formula is C25H32BN7. The molecule has 0 bridgehead atoms. The zero-order chi connectivity index (χ0) is 23.2. The van der Waals surface area contributed by atoms with Crippen LogP contribution in [0.5, 0.6) is 0 Å². The highest BCUT2D eigenvalue weighted by Gasteiger charge is 2.39. The van der Waals surface area contributed by atoms with Crippen LogP contribution in [-0.4, -0.2) is 62.7 Å². The van der Waals surface area contributed by atoms with E-state index in [1.807, 2.05) is 49.7 Å². The Balaban J connectivity index is 1.34. The van der Waals surface area contributed by atoms with Gasteiger partial charge in [0.1, 0.15) is 7.85 Å². The van der Waals surface area contributed by atoms with Crippen LogP contribution in [0.4, 0.5) is 11.6 Å². The van der Waals surface area contributed by atoms with Gasteiger partial charge in [0.05, 0.1) is 22.6 Å². The Kier molecular flexibility index (Phi) is 5.73. The van der Waals surface area contributed by atoms with Gasteiger partial charge in [-0.25, -0.2) is 9.50 Å². The van der Waals surface area contributed by atoms with E-state index in [9.17, 15) is 0 Å². The van der Waals surface area contributed by atoms with Gasteiger partial charge in [0.15, 0.2) is 0 Å². The molecule has 1 saturated heterocycles. The van der Waals surface area contributed by atoms with Crippen LogP contribution in [0.15, 0.2) is 29.4 Å². The molecule has 2 aliphatic rings. The van der Waals surface area contributed by atoms with Gasteiger partial charge in [0.25, 0.3) is 0 Å². The number of pyridine rings is 1. The van der Waals surface area contributed by atoms with Crippen molar-refractivity contribution in [1.82, 2.24) is 24.5 Å². The molecule has 170 valence electrons. The fourth-order valence-corrected chi connectivity index (χ4v) is 5.13. The van der Waals surface area contributed by atoms with E-state index in [1.165, 1.54) is 19.3 Å². The molecule has 4 heterocycles. The Morgan fingerprint density at radius 2 is 1.91 bits per heavy atom. The zero-order valence-electron chi connectivity index (χ0n) is 20.1. The summed E-state index contributed by atoms with van der Waals surface area (Å²) in [6.45, 7) is 10.6. The molecule has 2 radical (unpaired) electrons. The fraction of sp³-hybridized carbons (Fsp3) is 0.520. The highest BCUT2D eigenvalue weighted by molar-refractivity contribution is 6.36. The molecule has 3 aromatic heterocycles. The average Bonchev–Trinajstić information content (AvgIpc) is 3.18. The quantitative estimate of drug-likeness (QED) is 0.482. The van der Waals surface area contributed by atoms with Gasteiger partial charge >= 0.3 is 0 Å². The number of aliphatic imine (C=N–C) groups is 1. The molecule has 1 aliphatic heterocycles. The lowest BCUT2D eigenvalue weighted by Gasteiger charge is -2.50. The number of anilines is 1. The minimum absolute atomic E-state index is 0.372. The highest BCUT2D eigenvalue weighted by Crippen LogP contribution is 2.38. The van der Waals surface area contributed by atoms with Gasteiger partial charge in [-0.3, -0.25) is 14.9 Å². The van der Waals surface area contributed by atoms with Crippen molar-refractivity contribution in [3.8, 4) is 11.3 Å². The van der Waals surface area contributed by atoms with Crippen molar-refractivity contribution in [2.45, 2.75) is 71.4 Å². The van der Waals surface area contributed by atoms with Gasteiger partial charge in [-0.1, -0.05) is 0 Å². The fourth-order valence-electron chi connectivity index (χ4n) is 5.13. The predicted molar refractivity (Wildman–Crippen MR) is 135 cm³/mol. The monoisotopic (exact) mass is 441 g/mol. The standard InChI is InChI=1S/C25H32BN7/c1-16(2)27-20-6-7-21(28-17(20)3)19-10-15-33-22(19)23(26)30-24(31-33)29-18-8-13-32(14-9-18)25(4)11-5-12-25/h6-7,10,15,18H,5,8-9,11-14H2,1-4H3,(H,29,31). The number of hydrogen-bond donors (Lipinski definition) is 1. The van der Waals surface area contributed by atoms with E-state index in [0.717, 1.165) is 59.8 Å². The van der Waals surface area contributed by atoms with Crippen molar-refractivity contribution in [1.29, 1.82) is 0 Å². The smallest absolute Gasteiger partial charge is 0.240 e. The Morgan fingerprint density at radius 1 is 1.15 bits per heavy atom. The van der Waals surface area contributed by atoms with Crippen molar-refractivity contribution in [2.24, 2.45) is 4.99 Å². The number of likely N-dealkylation sites (tertiary alicyclic amines) is 1. The maximum absolute atomic E-state index is 6.41. The minimum Gasteiger partial charge on any atom is -0.350 e. The summed E-state index contributed by atoms with van der Waals surface area (Å²) < 4.78 is 1.81. The minimum atomic E-state index is 0.372. The summed E-state index contributed by atoms with van der Waals surface area (Å²) in [5, 5.41) is 8.23. The number of aromatic nitrogens is 4. The lowest BCUT2D eigenvalue weighted by atomic mass is 9.76. The number of aryl methyl sites for hydroxylation is 1. The molecule has 0 amide bonds. The van der Waals surface area contributed by atoms with Crippen molar-refractivity contribution < 1.29 is 0 Å². The molecule has 3 aromatic rings. The predicted octanol–water partition coefficient (Wildman–Crippen LogP) is 3.82. The second kappa shape index (κ2) is 8.56. The first-order chi connectivity index (χ1) is 15.8. The van der Waals surface area contributed by atoms with Gasteiger partial charge in [0.2, 0.25) is 5.95 Å². The number of piperidine rings is 1. The topological polar surface area (TPSA) is 70.7 Å². The SMILES string of the molecule is [B]c1nc(NC2CCN(C3(C)CCC3)CC2)nn2ccc(-c3ccc(N=C(C)C)c(C)n3)c12. The molecule has 1 N–H and O–H groups in total. The van der Waals surface area contributed by atoms with Crippen molar-refractivity contribution in [2.75, 3.05) is 18.4 Å². The molecule has 7 nitrogen and oxygen atoms in total. The van der Waals surface area contributed by atoms with E-state index in [-0.39, 0.29) is 0 Å². The van der Waals surface area contributed by atoms with Crippen LogP contribution in [-0.2, 0) is 0 Å². The number of rotatable bonds is 5. The zero-order valence-corrected chi connectivity index (χ0v) is 20.1. The maximum atomic E-state index is 6.41. The highest BCUT2D eigenvalue weighted by atomic mass is 15.3. The third kappa shape index (κ3) is 4.28. The van der Waals surface area contributed by atoms with E-state index in [4.69, 9.17) is 17.9 Å². The maximum Gasteiger partial charge on any atom is 0.240 e. The molecule has 0 atom stereocenters. The molecule has 0 aromatic carbocycles. The second-order valence-corrected chi connectivity index (χ2v) is 9.96. The molecule has 8 heteroatoms. The molecule has 1 saturated carbocycles. The van der Waals surface area contributed by atoms with Crippen molar-refractivity contribution in [3.63, 3.8) is 0 Å². The van der Waals surface area contributed by atoms with Crippen LogP contribution in [0, 0.1) is 6.92 Å². The summed E-state index contributed by atoms with van der Waals surface area (Å²) in [7, 11) is 6.41. The molecule has 5 rings (SSSR count). The molecule has 2 fully saturated rings. The van der Waals surface area contributed by atoms with Crippen LogP contribution in [0.1, 0.15) is 58.6 Å². The molecule has 0 unspecified atom stereocenters. The van der Waals surface area contributed by atoms with E-state index in [0.29, 0.717) is 23.1 Å². The van der Waals surface area contributed by atoms with Crippen LogP contribution in [0.2, 0.25) is 0 Å². The Hall–Kier alpha value is -2.74. The molecular weight excluding hydrogens is 409 g/mol. The lowest BCUT2D eigenvalue weighted by molar-refractivity contribution is 0.0152. The van der Waals surface area contributed by atoms with Crippen LogP contribution in [0.3, 0.4) is 0 Å². The number of hydrogen-bond acceptors (Lipinski definition) is 6. The number of fused-ring (bicyclic) bond motifs is 1. The average molecular weight is 441 g/mol. The Morgan fingerprint density at radius 3 is 2.55 bits per heavy atom. The van der Waals surface area contributed by atoms with Crippen molar-refractivity contribution in [3.05, 3.63) is 30.1 Å². The van der Waals surface area contributed by atoms with Crippen molar-refractivity contribution >= 4 is 36.3 Å². The van der Waals surface area contributed by atoms with Gasteiger partial charge in [0, 0.05) is 47.7 Å². The van der Waals surface area contributed by atoms with Crippen LogP contribution in [0.25, 0.3) is 16.8 Å². The summed E-state index contributed by atoms with van der Waals surface area (Å²) in [6.07, 6.45) is 8.16. The van der Waals surface area contributed by atoms with Gasteiger partial charge in [-0.15, -0.1) is 5.10 Å². The Labute approximate surface area is 197 Å². The lowest BCUT2D eigenvalue weighted by Crippen LogP contribution is -2.55. The van der Waals surface area contributed by atoms with E-state index >= 15 is 0 Å². The molecule has 0 spiro atoms. The largest absolute Gasteiger partial charge is 0.350 e. The Bertz CT molecular complexity index is 1200.